The molecule has 92 valence electrons. The highest BCUT2D eigenvalue weighted by atomic mass is 16.6. The highest BCUT2D eigenvalue weighted by Gasteiger charge is 2.22. The Bertz CT molecular complexity index is 418. The van der Waals surface area contributed by atoms with Gasteiger partial charge in [0.05, 0.1) is 18.1 Å². The van der Waals surface area contributed by atoms with E-state index in [2.05, 4.69) is 4.98 Å². The van der Waals surface area contributed by atoms with Crippen LogP contribution in [0.15, 0.2) is 12.1 Å². The Morgan fingerprint density at radius 1 is 1.47 bits per heavy atom. The molecule has 0 aliphatic carbocycles. The van der Waals surface area contributed by atoms with Crippen molar-refractivity contribution < 1.29 is 14.4 Å². The van der Waals surface area contributed by atoms with Crippen LogP contribution in [0.5, 0.6) is 5.88 Å². The van der Waals surface area contributed by atoms with Gasteiger partial charge < -0.3 is 15.2 Å². The van der Waals surface area contributed by atoms with Crippen LogP contribution in [0.4, 0.5) is 11.5 Å². The number of nitrogens with zero attached hydrogens (tertiary/aromatic N) is 2. The van der Waals surface area contributed by atoms with Crippen LogP contribution < -0.4 is 10.5 Å². The van der Waals surface area contributed by atoms with Crippen LogP contribution in [0.1, 0.15) is 12.8 Å². The number of pyridine rings is 1. The largest absolute Gasteiger partial charge is 0.469 e. The van der Waals surface area contributed by atoms with Crippen LogP contribution in [-0.2, 0) is 4.74 Å². The highest BCUT2D eigenvalue weighted by Crippen LogP contribution is 2.27. The van der Waals surface area contributed by atoms with Gasteiger partial charge in [-0.15, -0.1) is 0 Å². The first-order chi connectivity index (χ1) is 8.16. The van der Waals surface area contributed by atoms with E-state index in [1.54, 1.807) is 0 Å². The molecule has 0 bridgehead atoms. The minimum Gasteiger partial charge on any atom is -0.469 e. The second-order valence-corrected chi connectivity index (χ2v) is 3.75. The number of nitro groups is 1. The molecular weight excluding hydrogens is 226 g/mol. The molecule has 1 fully saturated rings. The van der Waals surface area contributed by atoms with Crippen LogP contribution >= 0.6 is 0 Å². The van der Waals surface area contributed by atoms with Gasteiger partial charge in [-0.1, -0.05) is 0 Å². The van der Waals surface area contributed by atoms with Gasteiger partial charge in [0.2, 0.25) is 0 Å². The van der Waals surface area contributed by atoms with E-state index >= 15 is 0 Å². The zero-order valence-corrected chi connectivity index (χ0v) is 9.17. The minimum atomic E-state index is -0.527. The van der Waals surface area contributed by atoms with Gasteiger partial charge in [0.15, 0.2) is 0 Å². The molecular formula is C10H13N3O4. The summed E-state index contributed by atoms with van der Waals surface area (Å²) in [5.41, 5.74) is 5.33. The molecule has 7 heteroatoms. The third-order valence-electron chi connectivity index (χ3n) is 2.51. The third kappa shape index (κ3) is 2.82. The topological polar surface area (TPSA) is 101 Å². The maximum absolute atomic E-state index is 10.8. The van der Waals surface area contributed by atoms with Crippen molar-refractivity contribution in [3.05, 3.63) is 22.2 Å². The fraction of sp³-hybridized carbons (Fsp3) is 0.500. The van der Waals surface area contributed by atoms with E-state index in [1.165, 1.54) is 12.1 Å². The Morgan fingerprint density at radius 3 is 2.82 bits per heavy atom. The first-order valence-electron chi connectivity index (χ1n) is 5.32. The summed E-state index contributed by atoms with van der Waals surface area (Å²) in [5.74, 6) is 0.194. The molecule has 0 saturated carbocycles. The molecule has 1 aliphatic rings. The van der Waals surface area contributed by atoms with Gasteiger partial charge in [-0.05, 0) is 6.07 Å². The van der Waals surface area contributed by atoms with E-state index in [0.29, 0.717) is 26.1 Å². The lowest BCUT2D eigenvalue weighted by molar-refractivity contribution is -0.386. The second-order valence-electron chi connectivity index (χ2n) is 3.75. The third-order valence-corrected chi connectivity index (χ3v) is 2.51. The number of ether oxygens (including phenoxy) is 2. The van der Waals surface area contributed by atoms with Crippen LogP contribution in [0.25, 0.3) is 0 Å². The zero-order chi connectivity index (χ0) is 12.3. The SMILES string of the molecule is Nc1ccc([N+](=O)[O-])c(OC2CCOCC2)n1. The predicted molar refractivity (Wildman–Crippen MR) is 59.8 cm³/mol. The summed E-state index contributed by atoms with van der Waals surface area (Å²) in [7, 11) is 0. The predicted octanol–water partition coefficient (Wildman–Crippen LogP) is 1.13. The summed E-state index contributed by atoms with van der Waals surface area (Å²) in [4.78, 5) is 14.1. The van der Waals surface area contributed by atoms with Crippen LogP contribution in [0.2, 0.25) is 0 Å². The Balaban J connectivity index is 2.17. The molecule has 0 atom stereocenters. The van der Waals surface area contributed by atoms with Crippen LogP contribution in [0.3, 0.4) is 0 Å². The smallest absolute Gasteiger partial charge is 0.331 e. The minimum absolute atomic E-state index is 0.0121. The molecule has 1 saturated heterocycles. The zero-order valence-electron chi connectivity index (χ0n) is 9.17. The quantitative estimate of drug-likeness (QED) is 0.626. The standard InChI is InChI=1S/C10H13N3O4/c11-9-2-1-8(13(14)15)10(12-9)17-7-3-5-16-6-4-7/h1-2,7H,3-6H2,(H2,11,12). The molecule has 1 aromatic rings. The molecule has 2 rings (SSSR count). The summed E-state index contributed by atoms with van der Waals surface area (Å²) >= 11 is 0. The van der Waals surface area contributed by atoms with Gasteiger partial charge in [-0.25, -0.2) is 0 Å². The molecule has 0 unspecified atom stereocenters. The number of aromatic nitrogens is 1. The highest BCUT2D eigenvalue weighted by molar-refractivity contribution is 5.47. The van der Waals surface area contributed by atoms with Crippen molar-refractivity contribution in [3.8, 4) is 5.88 Å². The summed E-state index contributed by atoms with van der Waals surface area (Å²) in [5, 5.41) is 10.8. The van der Waals surface area contributed by atoms with Crippen LogP contribution in [-0.4, -0.2) is 29.2 Å². The summed E-state index contributed by atoms with van der Waals surface area (Å²) in [6.45, 7) is 1.20. The average Bonchev–Trinajstić information content (AvgIpc) is 2.30. The van der Waals surface area contributed by atoms with Gasteiger partial charge in [-0.3, -0.25) is 10.1 Å². The molecule has 7 nitrogen and oxygen atoms in total. The van der Waals surface area contributed by atoms with E-state index in [4.69, 9.17) is 15.2 Å². The first-order valence-corrected chi connectivity index (χ1v) is 5.32. The normalized spacial score (nSPS) is 16.7. The van der Waals surface area contributed by atoms with Gasteiger partial charge in [-0.2, -0.15) is 4.98 Å². The maximum atomic E-state index is 10.8. The Morgan fingerprint density at radius 2 is 2.18 bits per heavy atom. The Labute approximate surface area is 97.7 Å². The lowest BCUT2D eigenvalue weighted by atomic mass is 10.1. The van der Waals surface area contributed by atoms with E-state index in [0.717, 1.165) is 0 Å². The monoisotopic (exact) mass is 239 g/mol. The molecule has 1 aromatic heterocycles. The molecule has 0 amide bonds. The summed E-state index contributed by atoms with van der Waals surface area (Å²) in [6.07, 6.45) is 1.30. The first kappa shape index (κ1) is 11.6. The second kappa shape index (κ2) is 4.96. The summed E-state index contributed by atoms with van der Waals surface area (Å²) in [6, 6.07) is 2.69. The van der Waals surface area contributed by atoms with Crippen molar-refractivity contribution in [2.45, 2.75) is 18.9 Å². The van der Waals surface area contributed by atoms with Gasteiger partial charge >= 0.3 is 5.69 Å². The number of nitrogen functional groups attached to an aromatic ring is 1. The van der Waals surface area contributed by atoms with Crippen molar-refractivity contribution in [1.29, 1.82) is 0 Å². The lowest BCUT2D eigenvalue weighted by Gasteiger charge is -2.22. The number of rotatable bonds is 3. The van der Waals surface area contributed by atoms with Crippen LogP contribution in [0, 0.1) is 10.1 Å². The molecule has 0 aromatic carbocycles. The van der Waals surface area contributed by atoms with Crippen molar-refractivity contribution in [2.24, 2.45) is 0 Å². The fourth-order valence-electron chi connectivity index (χ4n) is 1.62. The van der Waals surface area contributed by atoms with Gasteiger partial charge in [0.25, 0.3) is 5.88 Å². The molecule has 2 heterocycles. The fourth-order valence-corrected chi connectivity index (χ4v) is 1.62. The maximum Gasteiger partial charge on any atom is 0.331 e. The summed E-state index contributed by atoms with van der Waals surface area (Å²) < 4.78 is 10.7. The molecule has 0 radical (unpaired) electrons. The van der Waals surface area contributed by atoms with Crippen molar-refractivity contribution in [3.63, 3.8) is 0 Å². The van der Waals surface area contributed by atoms with Crippen molar-refractivity contribution >= 4 is 11.5 Å². The lowest BCUT2D eigenvalue weighted by Crippen LogP contribution is -2.26. The Hall–Kier alpha value is -1.89. The van der Waals surface area contributed by atoms with E-state index in [9.17, 15) is 10.1 Å². The molecule has 2 N–H and O–H groups in total. The average molecular weight is 239 g/mol. The van der Waals surface area contributed by atoms with E-state index in [1.807, 2.05) is 0 Å². The van der Waals surface area contributed by atoms with Crippen molar-refractivity contribution in [2.75, 3.05) is 18.9 Å². The van der Waals surface area contributed by atoms with E-state index < -0.39 is 4.92 Å². The Kier molecular flexibility index (Phi) is 3.38. The van der Waals surface area contributed by atoms with E-state index in [-0.39, 0.29) is 23.5 Å². The molecule has 1 aliphatic heterocycles. The van der Waals surface area contributed by atoms with Gasteiger partial charge in [0.1, 0.15) is 11.9 Å². The van der Waals surface area contributed by atoms with Crippen molar-refractivity contribution in [1.82, 2.24) is 4.98 Å². The number of nitrogens with two attached hydrogens (primary N) is 1. The molecule has 17 heavy (non-hydrogen) atoms. The molecule has 0 spiro atoms. The van der Waals surface area contributed by atoms with Gasteiger partial charge in [0, 0.05) is 18.9 Å². The number of hydrogen-bond donors (Lipinski definition) is 1. The number of hydrogen-bond acceptors (Lipinski definition) is 6. The number of anilines is 1.